The average Bonchev–Trinajstić information content (AvgIpc) is 2.49. The fraction of sp³-hybridized carbons (Fsp3) is 0.0714. The number of halogens is 1. The molecule has 1 aromatic heterocycles. The second-order valence-electron chi connectivity index (χ2n) is 3.92. The predicted octanol–water partition coefficient (Wildman–Crippen LogP) is 3.01. The van der Waals surface area contributed by atoms with Crippen molar-refractivity contribution in [2.45, 2.75) is 0 Å². The monoisotopic (exact) mass is 304 g/mol. The number of ether oxygens (including phenoxy) is 1. The first kappa shape index (κ1) is 14.8. The van der Waals surface area contributed by atoms with Crippen molar-refractivity contribution in [1.29, 1.82) is 0 Å². The third-order valence-corrected chi connectivity index (χ3v) is 2.75. The molecule has 0 atom stereocenters. The van der Waals surface area contributed by atoms with Crippen molar-refractivity contribution < 1.29 is 9.53 Å². The lowest BCUT2D eigenvalue weighted by Crippen LogP contribution is -2.09. The SMILES string of the molecule is C=CC(=O)Nc1ccccc1Nc1nc(Cl)ncc1OC. The topological polar surface area (TPSA) is 76.1 Å². The molecule has 6 nitrogen and oxygen atoms in total. The van der Waals surface area contributed by atoms with E-state index in [-0.39, 0.29) is 11.2 Å². The summed E-state index contributed by atoms with van der Waals surface area (Å²) in [5.74, 6) is 0.527. The molecule has 108 valence electrons. The number of amides is 1. The van der Waals surface area contributed by atoms with Crippen LogP contribution in [-0.4, -0.2) is 23.0 Å². The normalized spacial score (nSPS) is 9.81. The minimum atomic E-state index is -0.308. The Morgan fingerprint density at radius 3 is 2.76 bits per heavy atom. The Morgan fingerprint density at radius 2 is 2.10 bits per heavy atom. The molecule has 0 spiro atoms. The third kappa shape index (κ3) is 3.70. The van der Waals surface area contributed by atoms with E-state index < -0.39 is 0 Å². The standard InChI is InChI=1S/C14H13ClN4O2/c1-3-12(20)17-9-6-4-5-7-10(9)18-13-11(21-2)8-16-14(15)19-13/h3-8H,1H2,2H3,(H,17,20)(H,16,18,19). The first-order chi connectivity index (χ1) is 10.1. The zero-order chi connectivity index (χ0) is 15.2. The van der Waals surface area contributed by atoms with Crippen LogP contribution in [0.15, 0.2) is 43.1 Å². The van der Waals surface area contributed by atoms with E-state index in [1.54, 1.807) is 18.2 Å². The van der Waals surface area contributed by atoms with Gasteiger partial charge in [0, 0.05) is 0 Å². The Labute approximate surface area is 126 Å². The number of nitrogens with zero attached hydrogens (tertiary/aromatic N) is 2. The van der Waals surface area contributed by atoms with E-state index in [2.05, 4.69) is 27.2 Å². The number of hydrogen-bond acceptors (Lipinski definition) is 5. The third-order valence-electron chi connectivity index (χ3n) is 2.57. The highest BCUT2D eigenvalue weighted by Crippen LogP contribution is 2.29. The van der Waals surface area contributed by atoms with Crippen LogP contribution in [0.3, 0.4) is 0 Å². The van der Waals surface area contributed by atoms with Gasteiger partial charge in [-0.3, -0.25) is 4.79 Å². The van der Waals surface area contributed by atoms with Gasteiger partial charge in [-0.25, -0.2) is 4.98 Å². The number of aromatic nitrogens is 2. The Bertz CT molecular complexity index is 676. The maximum atomic E-state index is 11.4. The lowest BCUT2D eigenvalue weighted by Gasteiger charge is -2.13. The van der Waals surface area contributed by atoms with Crippen molar-refractivity contribution in [3.63, 3.8) is 0 Å². The van der Waals surface area contributed by atoms with Crippen molar-refractivity contribution >= 4 is 34.7 Å². The van der Waals surface area contributed by atoms with Gasteiger partial charge in [0.15, 0.2) is 11.6 Å². The minimum Gasteiger partial charge on any atom is -0.491 e. The summed E-state index contributed by atoms with van der Waals surface area (Å²) in [7, 11) is 1.50. The van der Waals surface area contributed by atoms with Crippen LogP contribution in [-0.2, 0) is 4.79 Å². The summed E-state index contributed by atoms with van der Waals surface area (Å²) >= 11 is 5.79. The second-order valence-corrected chi connectivity index (χ2v) is 4.26. The fourth-order valence-corrected chi connectivity index (χ4v) is 1.73. The summed E-state index contributed by atoms with van der Waals surface area (Å²) in [4.78, 5) is 19.3. The molecule has 0 saturated carbocycles. The summed E-state index contributed by atoms with van der Waals surface area (Å²) in [6.45, 7) is 3.42. The van der Waals surface area contributed by atoms with Crippen LogP contribution in [0, 0.1) is 0 Å². The van der Waals surface area contributed by atoms with Gasteiger partial charge < -0.3 is 15.4 Å². The van der Waals surface area contributed by atoms with Crippen molar-refractivity contribution in [3.05, 3.63) is 48.4 Å². The lowest BCUT2D eigenvalue weighted by molar-refractivity contribution is -0.111. The molecule has 21 heavy (non-hydrogen) atoms. The van der Waals surface area contributed by atoms with E-state index in [1.165, 1.54) is 19.4 Å². The molecule has 2 N–H and O–H groups in total. The molecule has 0 bridgehead atoms. The molecule has 1 amide bonds. The first-order valence-electron chi connectivity index (χ1n) is 6.00. The highest BCUT2D eigenvalue weighted by molar-refractivity contribution is 6.28. The maximum absolute atomic E-state index is 11.4. The quantitative estimate of drug-likeness (QED) is 0.656. The first-order valence-corrected chi connectivity index (χ1v) is 6.38. The Kier molecular flexibility index (Phi) is 4.73. The second kappa shape index (κ2) is 6.71. The number of methoxy groups -OCH3 is 1. The number of benzene rings is 1. The molecule has 0 aliphatic heterocycles. The van der Waals surface area contributed by atoms with Gasteiger partial charge >= 0.3 is 0 Å². The largest absolute Gasteiger partial charge is 0.491 e. The van der Waals surface area contributed by atoms with Crippen molar-refractivity contribution in [1.82, 2.24) is 9.97 Å². The van der Waals surface area contributed by atoms with Gasteiger partial charge in [-0.1, -0.05) is 18.7 Å². The van der Waals surface area contributed by atoms with Crippen molar-refractivity contribution in [2.24, 2.45) is 0 Å². The molecule has 1 aromatic carbocycles. The van der Waals surface area contributed by atoms with Gasteiger partial charge in [0.25, 0.3) is 0 Å². The van der Waals surface area contributed by atoms with E-state index in [0.29, 0.717) is 22.9 Å². The highest BCUT2D eigenvalue weighted by atomic mass is 35.5. The van der Waals surface area contributed by atoms with Gasteiger partial charge in [0.1, 0.15) is 0 Å². The molecule has 0 saturated heterocycles. The van der Waals surface area contributed by atoms with Gasteiger partial charge in [-0.2, -0.15) is 4.98 Å². The summed E-state index contributed by atoms with van der Waals surface area (Å²) in [6, 6.07) is 7.16. The van der Waals surface area contributed by atoms with Crippen LogP contribution in [0.5, 0.6) is 5.75 Å². The molecule has 0 radical (unpaired) electrons. The van der Waals surface area contributed by atoms with E-state index in [9.17, 15) is 4.79 Å². The summed E-state index contributed by atoms with van der Waals surface area (Å²) in [5.41, 5.74) is 1.22. The van der Waals surface area contributed by atoms with E-state index in [4.69, 9.17) is 16.3 Å². The number of anilines is 3. The maximum Gasteiger partial charge on any atom is 0.247 e. The van der Waals surface area contributed by atoms with Crippen LogP contribution >= 0.6 is 11.6 Å². The van der Waals surface area contributed by atoms with Crippen LogP contribution in [0.2, 0.25) is 5.28 Å². The van der Waals surface area contributed by atoms with Crippen LogP contribution < -0.4 is 15.4 Å². The van der Waals surface area contributed by atoms with Gasteiger partial charge in [-0.15, -0.1) is 0 Å². The molecule has 0 aliphatic rings. The number of hydrogen-bond donors (Lipinski definition) is 2. The van der Waals surface area contributed by atoms with Gasteiger partial charge in [-0.05, 0) is 29.8 Å². The molecule has 7 heteroatoms. The fourth-order valence-electron chi connectivity index (χ4n) is 1.60. The molecule has 0 fully saturated rings. The van der Waals surface area contributed by atoms with Gasteiger partial charge in [0.2, 0.25) is 11.2 Å². The molecule has 0 unspecified atom stereocenters. The predicted molar refractivity (Wildman–Crippen MR) is 82.1 cm³/mol. The number of para-hydroxylation sites is 2. The molecule has 2 rings (SSSR count). The molecular weight excluding hydrogens is 292 g/mol. The summed E-state index contributed by atoms with van der Waals surface area (Å²) in [5, 5.41) is 5.84. The highest BCUT2D eigenvalue weighted by Gasteiger charge is 2.10. The van der Waals surface area contributed by atoms with E-state index >= 15 is 0 Å². The molecule has 2 aromatic rings. The van der Waals surface area contributed by atoms with E-state index in [0.717, 1.165) is 0 Å². The minimum absolute atomic E-state index is 0.0888. The molecular formula is C14H13ClN4O2. The molecule has 0 aliphatic carbocycles. The summed E-state index contributed by atoms with van der Waals surface area (Å²) in [6.07, 6.45) is 2.65. The average molecular weight is 305 g/mol. The van der Waals surface area contributed by atoms with Crippen molar-refractivity contribution in [3.8, 4) is 5.75 Å². The lowest BCUT2D eigenvalue weighted by atomic mass is 10.2. The zero-order valence-electron chi connectivity index (χ0n) is 11.3. The zero-order valence-corrected chi connectivity index (χ0v) is 12.0. The van der Waals surface area contributed by atoms with E-state index in [1.807, 2.05) is 6.07 Å². The van der Waals surface area contributed by atoms with Crippen LogP contribution in [0.25, 0.3) is 0 Å². The smallest absolute Gasteiger partial charge is 0.247 e. The Balaban J connectivity index is 2.33. The number of carbonyl (C=O) groups excluding carboxylic acids is 1. The van der Waals surface area contributed by atoms with Crippen LogP contribution in [0.1, 0.15) is 0 Å². The number of rotatable bonds is 5. The number of nitrogens with one attached hydrogen (secondary N) is 2. The number of carbonyl (C=O) groups is 1. The molecule has 1 heterocycles. The van der Waals surface area contributed by atoms with Crippen LogP contribution in [0.4, 0.5) is 17.2 Å². The van der Waals surface area contributed by atoms with Gasteiger partial charge in [0.05, 0.1) is 24.7 Å². The van der Waals surface area contributed by atoms with Crippen molar-refractivity contribution in [2.75, 3.05) is 17.7 Å². The summed E-state index contributed by atoms with van der Waals surface area (Å²) < 4.78 is 5.17. The Hall–Kier alpha value is -2.60. The Morgan fingerprint density at radius 1 is 1.38 bits per heavy atom.